The molecule has 0 aliphatic carbocycles. The number of fused-ring (bicyclic) bond motifs is 1. The summed E-state index contributed by atoms with van der Waals surface area (Å²) < 4.78 is 10.5. The first-order chi connectivity index (χ1) is 7.22. The molecule has 1 aliphatic rings. The third kappa shape index (κ3) is 2.03. The molecule has 0 aromatic carbocycles. The number of allylic oxidation sites excluding steroid dienone is 1. The molecule has 80 valence electrons. The monoisotopic (exact) mass is 241 g/mol. The van der Waals surface area contributed by atoms with Gasteiger partial charge in [0.1, 0.15) is 17.6 Å². The molecule has 1 unspecified atom stereocenters. The fraction of sp³-hybridized carbons (Fsp3) is 0.300. The second-order valence-corrected chi connectivity index (χ2v) is 5.49. The van der Waals surface area contributed by atoms with Crippen LogP contribution in [0.5, 0.6) is 0 Å². The van der Waals surface area contributed by atoms with E-state index in [9.17, 15) is 5.11 Å². The predicted octanol–water partition coefficient (Wildman–Crippen LogP) is -0.109. The molecule has 0 amide bonds. The Morgan fingerprint density at radius 2 is 2.47 bits per heavy atom. The Bertz CT molecular complexity index is 504. The highest BCUT2D eigenvalue weighted by Gasteiger charge is 2.22. The summed E-state index contributed by atoms with van der Waals surface area (Å²) in [5, 5.41) is 14.6. The Morgan fingerprint density at radius 1 is 1.67 bits per heavy atom. The Kier molecular flexibility index (Phi) is 3.02. The van der Waals surface area contributed by atoms with E-state index in [0.29, 0.717) is 11.5 Å². The van der Waals surface area contributed by atoms with Gasteiger partial charge >= 0.3 is 0 Å². The minimum absolute atomic E-state index is 0.244. The molecule has 15 heavy (non-hydrogen) atoms. The van der Waals surface area contributed by atoms with Crippen LogP contribution in [-0.4, -0.2) is 12.9 Å². The fourth-order valence-electron chi connectivity index (χ4n) is 1.28. The molecule has 2 rings (SSSR count). The molecule has 0 bridgehead atoms. The second-order valence-electron chi connectivity index (χ2n) is 2.97. The molecule has 0 spiro atoms. The topological polar surface area (TPSA) is 44.6 Å². The van der Waals surface area contributed by atoms with Gasteiger partial charge in [0.25, 0.3) is 0 Å². The predicted molar refractivity (Wildman–Crippen MR) is 61.5 cm³/mol. The van der Waals surface area contributed by atoms with Crippen LogP contribution in [0.1, 0.15) is 6.92 Å². The van der Waals surface area contributed by atoms with Crippen molar-refractivity contribution >= 4 is 28.5 Å². The van der Waals surface area contributed by atoms with E-state index in [2.05, 4.69) is 4.40 Å². The van der Waals surface area contributed by atoms with Crippen molar-refractivity contribution in [2.45, 2.75) is 6.92 Å². The van der Waals surface area contributed by atoms with Crippen LogP contribution in [0, 0.1) is 0 Å². The molecule has 0 radical (unpaired) electrons. The van der Waals surface area contributed by atoms with Crippen LogP contribution in [0.4, 0.5) is 0 Å². The molecule has 3 nitrogen and oxygen atoms in total. The van der Waals surface area contributed by atoms with Crippen LogP contribution >= 0.6 is 11.3 Å². The summed E-state index contributed by atoms with van der Waals surface area (Å²) in [6.07, 6.45) is 3.83. The third-order valence-electron chi connectivity index (χ3n) is 1.97. The molecule has 0 N–H and O–H groups in total. The summed E-state index contributed by atoms with van der Waals surface area (Å²) in [5.41, 5.74) is 0. The molecule has 1 aromatic heterocycles. The average molecular weight is 241 g/mol. The van der Waals surface area contributed by atoms with Crippen LogP contribution in [0.3, 0.4) is 0 Å². The molecule has 1 aliphatic heterocycles. The Labute approximate surface area is 94.9 Å². The highest BCUT2D eigenvalue weighted by Crippen LogP contribution is 2.16. The van der Waals surface area contributed by atoms with Crippen molar-refractivity contribution in [3.63, 3.8) is 0 Å². The van der Waals surface area contributed by atoms with E-state index in [1.54, 1.807) is 11.3 Å². The van der Waals surface area contributed by atoms with Crippen molar-refractivity contribution in [2.75, 3.05) is 12.9 Å². The average Bonchev–Trinajstić information content (AvgIpc) is 2.63. The molecular formula is C10H11NO2S2. The molecule has 1 aromatic rings. The van der Waals surface area contributed by atoms with Crippen LogP contribution < -0.4 is 15.0 Å². The van der Waals surface area contributed by atoms with Gasteiger partial charge in [0.05, 0.1) is 4.53 Å². The number of thiophene rings is 1. The molecule has 0 saturated heterocycles. The maximum atomic E-state index is 11.6. The lowest BCUT2D eigenvalue weighted by atomic mass is 10.4. The number of nitrogens with zero attached hydrogens (tertiary/aromatic N) is 1. The van der Waals surface area contributed by atoms with Crippen molar-refractivity contribution in [3.8, 4) is 0 Å². The number of rotatable bonds is 2. The van der Waals surface area contributed by atoms with Gasteiger partial charge in [-0.05, 0) is 18.1 Å². The van der Waals surface area contributed by atoms with Crippen molar-refractivity contribution < 1.29 is 9.84 Å². The van der Waals surface area contributed by atoms with Crippen molar-refractivity contribution in [3.05, 3.63) is 32.2 Å². The van der Waals surface area contributed by atoms with E-state index in [0.717, 1.165) is 9.89 Å². The third-order valence-corrected chi connectivity index (χ3v) is 4.21. The van der Waals surface area contributed by atoms with Gasteiger partial charge in [-0.2, -0.15) is 0 Å². The fourth-order valence-corrected chi connectivity index (χ4v) is 3.32. The molecular weight excluding hydrogens is 230 g/mol. The highest BCUT2D eigenvalue weighted by molar-refractivity contribution is 7.99. The lowest BCUT2D eigenvalue weighted by molar-refractivity contribution is -0.356. The zero-order valence-electron chi connectivity index (χ0n) is 8.52. The van der Waals surface area contributed by atoms with Gasteiger partial charge in [0.2, 0.25) is 4.91 Å². The van der Waals surface area contributed by atoms with Gasteiger partial charge in [-0.15, -0.1) is 11.3 Å². The molecule has 5 heteroatoms. The Morgan fingerprint density at radius 3 is 3.20 bits per heavy atom. The number of ether oxygens (including phenoxy) is 1. The molecule has 0 saturated carbocycles. The Balaban J connectivity index is 2.51. The lowest BCUT2D eigenvalue weighted by Gasteiger charge is -2.13. The quantitative estimate of drug-likeness (QED) is 0.536. The van der Waals surface area contributed by atoms with Gasteiger partial charge in [-0.25, -0.2) is 0 Å². The zero-order chi connectivity index (χ0) is 10.8. The first kappa shape index (κ1) is 10.6. The normalized spacial score (nSPS) is 22.4. The SMILES string of the molecule is CCO/C([O-])=C1\C=c2sccc2=N[S+]1C. The van der Waals surface area contributed by atoms with Crippen LogP contribution in [0.2, 0.25) is 0 Å². The van der Waals surface area contributed by atoms with E-state index in [1.165, 1.54) is 0 Å². The van der Waals surface area contributed by atoms with Gasteiger partial charge in [-0.3, -0.25) is 0 Å². The van der Waals surface area contributed by atoms with E-state index in [4.69, 9.17) is 4.74 Å². The molecule has 2 heterocycles. The van der Waals surface area contributed by atoms with Crippen molar-refractivity contribution in [1.29, 1.82) is 0 Å². The molecule has 1 atom stereocenters. The molecule has 0 fully saturated rings. The van der Waals surface area contributed by atoms with E-state index in [-0.39, 0.29) is 17.0 Å². The summed E-state index contributed by atoms with van der Waals surface area (Å²) >= 11 is 1.21. The van der Waals surface area contributed by atoms with Gasteiger partial charge in [-0.1, -0.05) is 11.3 Å². The maximum absolute atomic E-state index is 11.6. The van der Waals surface area contributed by atoms with Crippen LogP contribution in [-0.2, 0) is 15.8 Å². The van der Waals surface area contributed by atoms with Crippen molar-refractivity contribution in [2.24, 2.45) is 4.40 Å². The summed E-state index contributed by atoms with van der Waals surface area (Å²) in [4.78, 5) is 0.673. The van der Waals surface area contributed by atoms with E-state index in [1.807, 2.05) is 30.7 Å². The van der Waals surface area contributed by atoms with E-state index < -0.39 is 0 Å². The highest BCUT2D eigenvalue weighted by atomic mass is 32.2. The van der Waals surface area contributed by atoms with Gasteiger partial charge < -0.3 is 9.84 Å². The number of hydrogen-bond acceptors (Lipinski definition) is 4. The van der Waals surface area contributed by atoms with Gasteiger partial charge in [0.15, 0.2) is 11.1 Å². The zero-order valence-corrected chi connectivity index (χ0v) is 10.2. The summed E-state index contributed by atoms with van der Waals surface area (Å²) in [6, 6.07) is 1.97. The smallest absolute Gasteiger partial charge is 0.206 e. The number of hydrogen-bond donors (Lipinski definition) is 0. The second kappa shape index (κ2) is 4.28. The van der Waals surface area contributed by atoms with Crippen LogP contribution in [0.15, 0.2) is 26.7 Å². The van der Waals surface area contributed by atoms with Crippen molar-refractivity contribution in [1.82, 2.24) is 0 Å². The largest absolute Gasteiger partial charge is 0.610 e. The summed E-state index contributed by atoms with van der Waals surface area (Å²) in [6.45, 7) is 2.22. The lowest BCUT2D eigenvalue weighted by Crippen LogP contribution is -2.27. The summed E-state index contributed by atoms with van der Waals surface area (Å²) in [7, 11) is 0. The van der Waals surface area contributed by atoms with E-state index >= 15 is 0 Å². The maximum Gasteiger partial charge on any atom is 0.206 e. The first-order valence-corrected chi connectivity index (χ1v) is 7.03. The minimum atomic E-state index is -0.381. The minimum Gasteiger partial charge on any atom is -0.610 e. The standard InChI is InChI=1S/C10H11NO2S2/c1-3-13-10(12)9-6-8-7(4-5-14-8)11-15(9)2/h4-6H,3H2,1-2H3. The Hall–Kier alpha value is -0.940. The first-order valence-electron chi connectivity index (χ1n) is 4.56. The van der Waals surface area contributed by atoms with Gasteiger partial charge in [0, 0.05) is 6.08 Å². The van der Waals surface area contributed by atoms with Crippen LogP contribution in [0.25, 0.3) is 6.08 Å². The summed E-state index contributed by atoms with van der Waals surface area (Å²) in [5.74, 6) is -0.244.